The third kappa shape index (κ3) is 5.02. The third-order valence-corrected chi connectivity index (χ3v) is 13.2. The SMILES string of the molecule is CC1(C)c2ccccc2-c2ccc(-c3nc(C4=Cc5ccc6ccc7nn(-c8ccccc8)nc7c6c5CC4)nc(-c4ccc5c(c4)C(C)(C)c4ccccc4-5)n3)cc21. The second-order valence-electron chi connectivity index (χ2n) is 17.3. The van der Waals surface area contributed by atoms with Crippen LogP contribution in [-0.4, -0.2) is 29.9 Å². The molecular weight excluding hydrogens is 721 g/mol. The van der Waals surface area contributed by atoms with Gasteiger partial charge in [-0.05, 0) is 116 Å². The highest BCUT2D eigenvalue weighted by atomic mass is 15.5. The van der Waals surface area contributed by atoms with Gasteiger partial charge >= 0.3 is 0 Å². The summed E-state index contributed by atoms with van der Waals surface area (Å²) in [5.74, 6) is 2.09. The Kier molecular flexibility index (Phi) is 7.05. The number of hydrogen-bond acceptors (Lipinski definition) is 5. The van der Waals surface area contributed by atoms with Gasteiger partial charge in [0.2, 0.25) is 0 Å². The highest BCUT2D eigenvalue weighted by Crippen LogP contribution is 2.51. The Balaban J connectivity index is 1.02. The van der Waals surface area contributed by atoms with E-state index in [9.17, 15) is 0 Å². The molecule has 0 radical (unpaired) electrons. The average molecular weight is 761 g/mol. The Labute approximate surface area is 343 Å². The maximum atomic E-state index is 5.31. The summed E-state index contributed by atoms with van der Waals surface area (Å²) in [7, 11) is 0. The van der Waals surface area contributed by atoms with Gasteiger partial charge in [0.25, 0.3) is 0 Å². The Morgan fingerprint density at radius 3 is 1.69 bits per heavy atom. The monoisotopic (exact) mass is 760 g/mol. The summed E-state index contributed by atoms with van der Waals surface area (Å²) < 4.78 is 0. The molecule has 3 aliphatic rings. The fourth-order valence-electron chi connectivity index (χ4n) is 10.1. The van der Waals surface area contributed by atoms with Gasteiger partial charge in [0.15, 0.2) is 17.5 Å². The number of allylic oxidation sites excluding steroid dienone is 1. The van der Waals surface area contributed by atoms with Crippen LogP contribution in [0.1, 0.15) is 73.3 Å². The van der Waals surface area contributed by atoms with Gasteiger partial charge in [-0.25, -0.2) is 15.0 Å². The van der Waals surface area contributed by atoms with E-state index >= 15 is 0 Å². The maximum absolute atomic E-state index is 5.31. The molecule has 9 aromatic rings. The van der Waals surface area contributed by atoms with Crippen molar-refractivity contribution in [3.63, 3.8) is 0 Å². The van der Waals surface area contributed by atoms with Crippen molar-refractivity contribution in [2.45, 2.75) is 51.4 Å². The second-order valence-corrected chi connectivity index (χ2v) is 17.3. The van der Waals surface area contributed by atoms with Gasteiger partial charge in [-0.1, -0.05) is 137 Å². The number of hydrogen-bond donors (Lipinski definition) is 0. The number of rotatable bonds is 4. The molecule has 0 spiro atoms. The highest BCUT2D eigenvalue weighted by Gasteiger charge is 2.37. The van der Waals surface area contributed by atoms with Gasteiger partial charge < -0.3 is 0 Å². The first-order valence-electron chi connectivity index (χ1n) is 20.6. The first-order chi connectivity index (χ1) is 28.7. The summed E-state index contributed by atoms with van der Waals surface area (Å²) in [5.41, 5.74) is 18.5. The molecule has 0 fully saturated rings. The molecule has 0 aliphatic heterocycles. The van der Waals surface area contributed by atoms with Crippen molar-refractivity contribution in [1.29, 1.82) is 0 Å². The number of benzene rings is 7. The molecular formula is C53H40N6. The van der Waals surface area contributed by atoms with Gasteiger partial charge in [-0.15, -0.1) is 10.2 Å². The molecule has 282 valence electrons. The van der Waals surface area contributed by atoms with E-state index in [2.05, 4.69) is 143 Å². The second kappa shape index (κ2) is 12.2. The number of aryl methyl sites for hydroxylation is 1. The number of aromatic nitrogens is 6. The molecule has 0 bridgehead atoms. The normalized spacial score (nSPS) is 15.4. The number of fused-ring (bicyclic) bond motifs is 11. The maximum Gasteiger partial charge on any atom is 0.164 e. The molecule has 3 aliphatic carbocycles. The molecule has 7 aromatic carbocycles. The van der Waals surface area contributed by atoms with E-state index in [1.54, 1.807) is 4.80 Å². The van der Waals surface area contributed by atoms with Crippen molar-refractivity contribution < 1.29 is 0 Å². The standard InChI is InChI=1S/C53H40N6/c1-52(2)42-16-10-8-14-38(42)40-25-21-34(29-44(40)52)50-54-49(55-51(56-50)35-22-26-41-39-15-9-11-17-43(39)53(3,4)45(41)30-35)33-20-24-37-32(28-33)19-18-31-23-27-46-48(47(31)37)58-59(57-46)36-12-6-5-7-13-36/h5-19,21-23,25-30H,20,24H2,1-4H3. The van der Waals surface area contributed by atoms with Crippen LogP contribution in [0.5, 0.6) is 0 Å². The molecule has 6 nitrogen and oxygen atoms in total. The smallest absolute Gasteiger partial charge is 0.164 e. The van der Waals surface area contributed by atoms with Crippen LogP contribution in [0.3, 0.4) is 0 Å². The molecule has 0 atom stereocenters. The van der Waals surface area contributed by atoms with E-state index in [0.717, 1.165) is 63.0 Å². The lowest BCUT2D eigenvalue weighted by atomic mass is 9.82. The first-order valence-corrected chi connectivity index (χ1v) is 20.6. The summed E-state index contributed by atoms with van der Waals surface area (Å²) in [6.07, 6.45) is 3.91. The minimum absolute atomic E-state index is 0.141. The number of para-hydroxylation sites is 1. The van der Waals surface area contributed by atoms with E-state index in [-0.39, 0.29) is 10.8 Å². The summed E-state index contributed by atoms with van der Waals surface area (Å²) in [4.78, 5) is 17.7. The lowest BCUT2D eigenvalue weighted by Crippen LogP contribution is -2.15. The first kappa shape index (κ1) is 34.0. The number of nitrogens with zero attached hydrogens (tertiary/aromatic N) is 6. The molecule has 12 rings (SSSR count). The average Bonchev–Trinajstić information content (AvgIpc) is 3.89. The fourth-order valence-corrected chi connectivity index (χ4v) is 10.1. The van der Waals surface area contributed by atoms with Crippen LogP contribution in [0.25, 0.3) is 84.2 Å². The molecule has 2 aromatic heterocycles. The molecule has 0 saturated heterocycles. The van der Waals surface area contributed by atoms with Crippen LogP contribution < -0.4 is 0 Å². The Hall–Kier alpha value is -7.05. The van der Waals surface area contributed by atoms with E-state index < -0.39 is 0 Å². The van der Waals surface area contributed by atoms with Crippen molar-refractivity contribution in [3.8, 4) is 50.7 Å². The van der Waals surface area contributed by atoms with E-state index in [1.165, 1.54) is 55.5 Å². The lowest BCUT2D eigenvalue weighted by Gasteiger charge is -2.22. The van der Waals surface area contributed by atoms with Gasteiger partial charge in [0.1, 0.15) is 11.0 Å². The summed E-state index contributed by atoms with van der Waals surface area (Å²) in [6, 6.07) is 49.8. The minimum atomic E-state index is -0.141. The Morgan fingerprint density at radius 1 is 0.492 bits per heavy atom. The van der Waals surface area contributed by atoms with E-state index in [0.29, 0.717) is 11.6 Å². The van der Waals surface area contributed by atoms with Crippen molar-refractivity contribution >= 4 is 33.5 Å². The fraction of sp³-hybridized carbons (Fsp3) is 0.151. The Morgan fingerprint density at radius 2 is 1.05 bits per heavy atom. The summed E-state index contributed by atoms with van der Waals surface area (Å²) >= 11 is 0. The predicted molar refractivity (Wildman–Crippen MR) is 238 cm³/mol. The van der Waals surface area contributed by atoms with Crippen molar-refractivity contribution in [2.75, 3.05) is 0 Å². The van der Waals surface area contributed by atoms with Crippen LogP contribution in [0.2, 0.25) is 0 Å². The minimum Gasteiger partial charge on any atom is -0.209 e. The van der Waals surface area contributed by atoms with Crippen LogP contribution in [0, 0.1) is 0 Å². The van der Waals surface area contributed by atoms with E-state index in [4.69, 9.17) is 25.1 Å². The summed E-state index contributed by atoms with van der Waals surface area (Å²) in [5, 5.41) is 12.2. The Bertz CT molecular complexity index is 3150. The third-order valence-electron chi connectivity index (χ3n) is 13.2. The zero-order valence-corrected chi connectivity index (χ0v) is 33.5. The molecule has 0 unspecified atom stereocenters. The zero-order chi connectivity index (χ0) is 39.6. The van der Waals surface area contributed by atoms with Crippen LogP contribution >= 0.6 is 0 Å². The van der Waals surface area contributed by atoms with Gasteiger partial charge in [-0.3, -0.25) is 0 Å². The van der Waals surface area contributed by atoms with E-state index in [1.807, 2.05) is 30.3 Å². The quantitative estimate of drug-likeness (QED) is 0.179. The molecule has 6 heteroatoms. The zero-order valence-electron chi connectivity index (χ0n) is 33.5. The van der Waals surface area contributed by atoms with Gasteiger partial charge in [-0.2, -0.15) is 4.80 Å². The van der Waals surface area contributed by atoms with Crippen molar-refractivity contribution in [3.05, 3.63) is 179 Å². The van der Waals surface area contributed by atoms with Gasteiger partial charge in [0, 0.05) is 27.3 Å². The molecule has 0 saturated carbocycles. The van der Waals surface area contributed by atoms with Gasteiger partial charge in [0.05, 0.1) is 5.69 Å². The largest absolute Gasteiger partial charge is 0.209 e. The lowest BCUT2D eigenvalue weighted by molar-refractivity contribution is 0.660. The topological polar surface area (TPSA) is 69.4 Å². The highest BCUT2D eigenvalue weighted by molar-refractivity contribution is 6.08. The van der Waals surface area contributed by atoms with Crippen LogP contribution in [0.4, 0.5) is 0 Å². The molecule has 2 heterocycles. The molecule has 59 heavy (non-hydrogen) atoms. The van der Waals surface area contributed by atoms with Crippen LogP contribution in [-0.2, 0) is 17.3 Å². The van der Waals surface area contributed by atoms with Crippen LogP contribution in [0.15, 0.2) is 140 Å². The predicted octanol–water partition coefficient (Wildman–Crippen LogP) is 12.2. The van der Waals surface area contributed by atoms with Crippen molar-refractivity contribution in [1.82, 2.24) is 29.9 Å². The van der Waals surface area contributed by atoms with Crippen molar-refractivity contribution in [2.24, 2.45) is 0 Å². The molecule has 0 N–H and O–H groups in total. The summed E-state index contributed by atoms with van der Waals surface area (Å²) in [6.45, 7) is 9.28. The molecule has 0 amide bonds.